The van der Waals surface area contributed by atoms with Gasteiger partial charge in [-0.2, -0.15) is 0 Å². The predicted molar refractivity (Wildman–Crippen MR) is 103 cm³/mol. The Morgan fingerprint density at radius 1 is 1.03 bits per heavy atom. The standard InChI is InChI=1S/C20H27NO10/c1-17(2,3)31-16(26)21-7-6-18(10-21)11-29-12-8-19(27-4,14(22)23)20(28-5,15(24)25)9-13(12)30-18/h8-9H,6-7,10-11H2,1-5H3,(H,22,23)(H,24,25). The molecule has 2 saturated heterocycles. The number of hydrogen-bond acceptors (Lipinski definition) is 8. The molecule has 0 aromatic carbocycles. The fourth-order valence-corrected chi connectivity index (χ4v) is 3.96. The van der Waals surface area contributed by atoms with Crippen molar-refractivity contribution in [1.29, 1.82) is 0 Å². The van der Waals surface area contributed by atoms with Crippen molar-refractivity contribution in [2.45, 2.75) is 49.6 Å². The lowest BCUT2D eigenvalue weighted by molar-refractivity contribution is -0.201. The van der Waals surface area contributed by atoms with Crippen LogP contribution in [-0.4, -0.2) is 89.5 Å². The minimum absolute atomic E-state index is 0.00969. The molecule has 0 saturated carbocycles. The number of rotatable bonds is 4. The zero-order valence-electron chi connectivity index (χ0n) is 18.1. The van der Waals surface area contributed by atoms with E-state index in [4.69, 9.17) is 23.7 Å². The summed E-state index contributed by atoms with van der Waals surface area (Å²) in [4.78, 5) is 38.1. The monoisotopic (exact) mass is 441 g/mol. The molecular formula is C20H27NO10. The second kappa shape index (κ2) is 7.41. The number of hydrogen-bond donors (Lipinski definition) is 2. The van der Waals surface area contributed by atoms with Crippen LogP contribution < -0.4 is 0 Å². The zero-order chi connectivity index (χ0) is 23.2. The molecule has 2 aliphatic heterocycles. The average molecular weight is 441 g/mol. The van der Waals surface area contributed by atoms with Gasteiger partial charge < -0.3 is 38.8 Å². The SMILES string of the molecule is COC1(C(=O)O)C=C2OCC3(CCN(C(=O)OC(C)(C)C)C3)OC2=CC1(OC)C(=O)O. The molecule has 0 radical (unpaired) electrons. The van der Waals surface area contributed by atoms with Crippen molar-refractivity contribution in [1.82, 2.24) is 4.90 Å². The lowest BCUT2D eigenvalue weighted by Gasteiger charge is -2.45. The van der Waals surface area contributed by atoms with Crippen LogP contribution in [0.5, 0.6) is 0 Å². The van der Waals surface area contributed by atoms with Gasteiger partial charge in [0.15, 0.2) is 17.1 Å². The third kappa shape index (κ3) is 3.61. The second-order valence-corrected chi connectivity index (χ2v) is 8.73. The summed E-state index contributed by atoms with van der Waals surface area (Å²) in [6.07, 6.45) is 2.00. The molecule has 31 heavy (non-hydrogen) atoms. The topological polar surface area (TPSA) is 141 Å². The van der Waals surface area contributed by atoms with Gasteiger partial charge >= 0.3 is 18.0 Å². The highest BCUT2D eigenvalue weighted by molar-refractivity contribution is 5.96. The van der Waals surface area contributed by atoms with E-state index >= 15 is 0 Å². The molecule has 3 aliphatic rings. The lowest BCUT2D eigenvalue weighted by atomic mass is 9.77. The molecule has 3 unspecified atom stereocenters. The smallest absolute Gasteiger partial charge is 0.410 e. The van der Waals surface area contributed by atoms with Crippen molar-refractivity contribution in [3.8, 4) is 0 Å². The number of nitrogens with zero attached hydrogens (tertiary/aromatic N) is 1. The summed E-state index contributed by atoms with van der Waals surface area (Å²) in [5.74, 6) is -3.11. The summed E-state index contributed by atoms with van der Waals surface area (Å²) in [5.41, 5.74) is -6.37. The number of carboxylic acids is 2. The number of ether oxygens (including phenoxy) is 5. The third-order valence-corrected chi connectivity index (χ3v) is 5.53. The Kier molecular flexibility index (Phi) is 5.47. The van der Waals surface area contributed by atoms with Crippen molar-refractivity contribution >= 4 is 18.0 Å². The first-order valence-corrected chi connectivity index (χ1v) is 9.67. The highest BCUT2D eigenvalue weighted by atomic mass is 16.6. The van der Waals surface area contributed by atoms with Crippen LogP contribution in [0.1, 0.15) is 27.2 Å². The maximum atomic E-state index is 12.4. The van der Waals surface area contributed by atoms with Crippen LogP contribution in [0.15, 0.2) is 23.7 Å². The van der Waals surface area contributed by atoms with E-state index in [0.717, 1.165) is 26.4 Å². The van der Waals surface area contributed by atoms with Gasteiger partial charge in [-0.05, 0) is 20.8 Å². The van der Waals surface area contributed by atoms with Gasteiger partial charge in [0.1, 0.15) is 12.2 Å². The van der Waals surface area contributed by atoms with Crippen molar-refractivity contribution < 1.29 is 48.3 Å². The Morgan fingerprint density at radius 2 is 1.58 bits per heavy atom. The van der Waals surface area contributed by atoms with E-state index in [0.29, 0.717) is 13.0 Å². The Hall–Kier alpha value is -2.79. The number of carboxylic acid groups (broad SMARTS) is 2. The molecule has 1 spiro atoms. The highest BCUT2D eigenvalue weighted by Gasteiger charge is 2.65. The van der Waals surface area contributed by atoms with Gasteiger partial charge in [-0.25, -0.2) is 14.4 Å². The second-order valence-electron chi connectivity index (χ2n) is 8.73. The average Bonchev–Trinajstić information content (AvgIpc) is 3.08. The van der Waals surface area contributed by atoms with Gasteiger partial charge in [0.2, 0.25) is 11.2 Å². The fraction of sp³-hybridized carbons (Fsp3) is 0.650. The van der Waals surface area contributed by atoms with E-state index in [9.17, 15) is 24.6 Å². The molecule has 0 aromatic rings. The first-order chi connectivity index (χ1) is 14.3. The summed E-state index contributed by atoms with van der Waals surface area (Å²) in [5, 5.41) is 19.7. The molecule has 1 amide bonds. The molecule has 2 heterocycles. The molecule has 3 atom stereocenters. The van der Waals surface area contributed by atoms with Crippen LogP contribution >= 0.6 is 0 Å². The Labute approximate surface area is 179 Å². The number of amides is 1. The van der Waals surface area contributed by atoms with E-state index in [-0.39, 0.29) is 24.7 Å². The molecular weight excluding hydrogens is 414 g/mol. The molecule has 11 heteroatoms. The number of carbonyl (C=O) groups is 3. The minimum atomic E-state index is -2.40. The van der Waals surface area contributed by atoms with Crippen molar-refractivity contribution in [3.63, 3.8) is 0 Å². The zero-order valence-corrected chi connectivity index (χ0v) is 18.1. The van der Waals surface area contributed by atoms with E-state index < -0.39 is 40.4 Å². The summed E-state index contributed by atoms with van der Waals surface area (Å²) in [7, 11) is 2.14. The van der Waals surface area contributed by atoms with Crippen molar-refractivity contribution in [3.05, 3.63) is 23.7 Å². The fourth-order valence-electron chi connectivity index (χ4n) is 3.96. The molecule has 1 aliphatic carbocycles. The first-order valence-electron chi connectivity index (χ1n) is 9.67. The minimum Gasteiger partial charge on any atom is -0.486 e. The Bertz CT molecular complexity index is 859. The lowest BCUT2D eigenvalue weighted by Crippen LogP contribution is -2.65. The third-order valence-electron chi connectivity index (χ3n) is 5.53. The van der Waals surface area contributed by atoms with Crippen LogP contribution in [0.25, 0.3) is 0 Å². The quantitative estimate of drug-likeness (QED) is 0.652. The summed E-state index contributed by atoms with van der Waals surface area (Å²) in [6, 6.07) is 0. The predicted octanol–water partition coefficient (Wildman–Crippen LogP) is 1.13. The van der Waals surface area contributed by atoms with E-state index in [2.05, 4.69) is 0 Å². The van der Waals surface area contributed by atoms with Gasteiger partial charge in [0, 0.05) is 39.3 Å². The molecule has 2 N–H and O–H groups in total. The number of methoxy groups -OCH3 is 2. The normalized spacial score (nSPS) is 32.4. The van der Waals surface area contributed by atoms with Gasteiger partial charge in [-0.3, -0.25) is 0 Å². The molecule has 0 aromatic heterocycles. The molecule has 11 nitrogen and oxygen atoms in total. The Balaban J connectivity index is 1.92. The maximum Gasteiger partial charge on any atom is 0.410 e. The summed E-state index contributed by atoms with van der Waals surface area (Å²) in [6.45, 7) is 5.84. The Morgan fingerprint density at radius 3 is 2.06 bits per heavy atom. The van der Waals surface area contributed by atoms with Crippen LogP contribution in [0.4, 0.5) is 4.79 Å². The van der Waals surface area contributed by atoms with Crippen LogP contribution in [0.3, 0.4) is 0 Å². The van der Waals surface area contributed by atoms with Crippen molar-refractivity contribution in [2.24, 2.45) is 0 Å². The largest absolute Gasteiger partial charge is 0.486 e. The molecule has 0 bridgehead atoms. The van der Waals surface area contributed by atoms with Crippen molar-refractivity contribution in [2.75, 3.05) is 33.9 Å². The summed E-state index contributed by atoms with van der Waals surface area (Å²) >= 11 is 0. The molecule has 2 fully saturated rings. The molecule has 3 rings (SSSR count). The van der Waals surface area contributed by atoms with E-state index in [1.54, 1.807) is 20.8 Å². The number of likely N-dealkylation sites (tertiary alicyclic amines) is 1. The van der Waals surface area contributed by atoms with E-state index in [1.807, 2.05) is 0 Å². The van der Waals surface area contributed by atoms with Gasteiger partial charge in [0.05, 0.1) is 6.54 Å². The van der Waals surface area contributed by atoms with Crippen LogP contribution in [-0.2, 0) is 33.3 Å². The number of aliphatic carboxylic acids is 2. The van der Waals surface area contributed by atoms with Crippen LogP contribution in [0.2, 0.25) is 0 Å². The van der Waals surface area contributed by atoms with Crippen LogP contribution in [0, 0.1) is 0 Å². The van der Waals surface area contributed by atoms with Gasteiger partial charge in [-0.15, -0.1) is 0 Å². The van der Waals surface area contributed by atoms with Gasteiger partial charge in [-0.1, -0.05) is 0 Å². The maximum absolute atomic E-state index is 12.4. The first kappa shape index (κ1) is 22.9. The van der Waals surface area contributed by atoms with Gasteiger partial charge in [0.25, 0.3) is 0 Å². The van der Waals surface area contributed by atoms with E-state index in [1.165, 1.54) is 4.90 Å². The molecule has 172 valence electrons. The summed E-state index contributed by atoms with van der Waals surface area (Å²) < 4.78 is 27.6. The number of fused-ring (bicyclic) bond motifs is 1. The number of carbonyl (C=O) groups excluding carboxylic acids is 1. The highest BCUT2D eigenvalue weighted by Crippen LogP contribution is 2.45.